The second kappa shape index (κ2) is 18.9. The molecular formula is C47H52ClN7O8S2. The van der Waals surface area contributed by atoms with E-state index >= 15 is 0 Å². The van der Waals surface area contributed by atoms with E-state index in [0.717, 1.165) is 79.0 Å². The molecule has 18 heteroatoms. The predicted molar refractivity (Wildman–Crippen MR) is 255 cm³/mol. The maximum atomic E-state index is 14.4. The van der Waals surface area contributed by atoms with Gasteiger partial charge in [-0.25, -0.2) is 18.1 Å². The molecule has 65 heavy (non-hydrogen) atoms. The van der Waals surface area contributed by atoms with Crippen molar-refractivity contribution >= 4 is 83.1 Å². The number of halogens is 1. The normalized spacial score (nSPS) is 19.3. The predicted octanol–water partition coefficient (Wildman–Crippen LogP) is 8.51. The van der Waals surface area contributed by atoms with E-state index in [1.54, 1.807) is 6.07 Å². The lowest BCUT2D eigenvalue weighted by Gasteiger charge is -2.39. The van der Waals surface area contributed by atoms with Crippen molar-refractivity contribution in [1.82, 2.24) is 14.6 Å². The molecular weight excluding hydrogens is 890 g/mol. The molecule has 5 heterocycles. The van der Waals surface area contributed by atoms with Gasteiger partial charge in [0.25, 0.3) is 21.6 Å². The molecule has 5 aromatic rings. The Labute approximate surface area is 387 Å². The second-order valence-electron chi connectivity index (χ2n) is 17.7. The molecule has 2 saturated heterocycles. The fourth-order valence-corrected chi connectivity index (χ4v) is 10.9. The number of anilines is 4. The highest BCUT2D eigenvalue weighted by atomic mass is 35.5. The molecule has 1 atom stereocenters. The Hall–Kier alpha value is -5.30. The van der Waals surface area contributed by atoms with E-state index in [-0.39, 0.29) is 29.3 Å². The molecule has 2 aromatic heterocycles. The van der Waals surface area contributed by atoms with Gasteiger partial charge in [0.2, 0.25) is 5.88 Å². The van der Waals surface area contributed by atoms with E-state index in [0.29, 0.717) is 56.6 Å². The van der Waals surface area contributed by atoms with Crippen molar-refractivity contribution in [2.24, 2.45) is 5.41 Å². The maximum absolute atomic E-state index is 14.4. The highest BCUT2D eigenvalue weighted by Gasteiger charge is 2.32. The number of allylic oxidation sites excluding steroid dienone is 1. The smallest absolute Gasteiger partial charge is 0.293 e. The van der Waals surface area contributed by atoms with Crippen LogP contribution in [0.15, 0.2) is 88.6 Å². The number of amides is 1. The summed E-state index contributed by atoms with van der Waals surface area (Å²) in [6.45, 7) is 11.0. The number of ether oxygens (including phenoxy) is 3. The number of aromatic nitrogens is 1. The standard InChI is InChI=1S/C47H52ClN7O8S2/c1-47(2)14-12-33(39(27-47)31-4-6-34(48)7-5-31)29-52-16-18-53(19-17-52)35-8-10-38(41(25-35)54-15-3-20-63-45-43(54)24-32-13-23-64-46(32)50-45)44(56)51-65(59,60)37-9-11-40(42(26-37)55(57)58)49-28-36-30-61-21-22-62-36/h4-11,13,23-26,36,49H,3,12,14-22,27-30H2,1-2H3,(H,51,56)/t36-/m0/s1. The van der Waals surface area contributed by atoms with E-state index in [1.165, 1.54) is 40.2 Å². The summed E-state index contributed by atoms with van der Waals surface area (Å²) in [6, 6.07) is 21.1. The lowest BCUT2D eigenvalue weighted by molar-refractivity contribution is -0.384. The fourth-order valence-electron chi connectivity index (χ4n) is 9.06. The summed E-state index contributed by atoms with van der Waals surface area (Å²) in [4.78, 5) is 37.9. The number of sulfonamides is 1. The molecule has 4 aliphatic rings. The Kier molecular flexibility index (Phi) is 13.0. The van der Waals surface area contributed by atoms with Gasteiger partial charge in [0.05, 0.1) is 53.6 Å². The number of benzene rings is 3. The van der Waals surface area contributed by atoms with Crippen LogP contribution in [-0.4, -0.2) is 107 Å². The van der Waals surface area contributed by atoms with Crippen LogP contribution >= 0.6 is 22.9 Å². The van der Waals surface area contributed by atoms with Crippen LogP contribution in [0.2, 0.25) is 5.02 Å². The molecule has 0 spiro atoms. The molecule has 3 aromatic carbocycles. The van der Waals surface area contributed by atoms with Crippen LogP contribution in [-0.2, 0) is 19.5 Å². The fraction of sp³-hybridized carbons (Fsp3) is 0.404. The summed E-state index contributed by atoms with van der Waals surface area (Å²) in [6.07, 6.45) is 3.49. The Morgan fingerprint density at radius 1 is 0.985 bits per heavy atom. The Balaban J connectivity index is 0.986. The molecule has 15 nitrogen and oxygen atoms in total. The van der Waals surface area contributed by atoms with Gasteiger partial charge in [-0.1, -0.05) is 43.2 Å². The largest absolute Gasteiger partial charge is 0.476 e. The summed E-state index contributed by atoms with van der Waals surface area (Å²) >= 11 is 7.77. The SMILES string of the molecule is CC1(C)CCC(CN2CCN(c3ccc(C(=O)NS(=O)(=O)c4ccc(NC[C@H]5COCCO5)c([N+](=O)[O-])c4)c(N4CCCOc5nc6sccc6cc54)c3)CC2)=C(c2ccc(Cl)cc2)C1. The number of nitrogens with zero attached hydrogens (tertiary/aromatic N) is 5. The van der Waals surface area contributed by atoms with Crippen LogP contribution in [0.4, 0.5) is 28.4 Å². The van der Waals surface area contributed by atoms with E-state index in [9.17, 15) is 23.3 Å². The molecule has 2 fully saturated rings. The van der Waals surface area contributed by atoms with E-state index in [2.05, 4.69) is 45.8 Å². The van der Waals surface area contributed by atoms with Crippen molar-refractivity contribution in [1.29, 1.82) is 0 Å². The molecule has 0 saturated carbocycles. The minimum atomic E-state index is -4.59. The zero-order valence-corrected chi connectivity index (χ0v) is 38.8. The third-order valence-electron chi connectivity index (χ3n) is 12.6. The van der Waals surface area contributed by atoms with Gasteiger partial charge in [0.15, 0.2) is 0 Å². The monoisotopic (exact) mass is 941 g/mol. The minimum Gasteiger partial charge on any atom is -0.476 e. The van der Waals surface area contributed by atoms with E-state index in [4.69, 9.17) is 30.8 Å². The van der Waals surface area contributed by atoms with Gasteiger partial charge in [-0.05, 0) is 102 Å². The minimum absolute atomic E-state index is 0.110. The number of nitro benzene ring substituents is 1. The molecule has 0 unspecified atom stereocenters. The van der Waals surface area contributed by atoms with Crippen molar-refractivity contribution in [3.8, 4) is 5.88 Å². The number of carbonyl (C=O) groups excluding carboxylic acids is 1. The second-order valence-corrected chi connectivity index (χ2v) is 20.7. The van der Waals surface area contributed by atoms with Gasteiger partial charge in [-0.3, -0.25) is 19.8 Å². The number of hydrogen-bond acceptors (Lipinski definition) is 14. The zero-order chi connectivity index (χ0) is 45.3. The number of thiophene rings is 1. The quantitative estimate of drug-likeness (QED) is 0.0903. The lowest BCUT2D eigenvalue weighted by atomic mass is 9.72. The van der Waals surface area contributed by atoms with E-state index < -0.39 is 31.4 Å². The van der Waals surface area contributed by atoms with Gasteiger partial charge in [0, 0.05) is 68.0 Å². The molecule has 342 valence electrons. The molecule has 1 amide bonds. The van der Waals surface area contributed by atoms with Crippen molar-refractivity contribution in [2.45, 2.75) is 50.5 Å². The summed E-state index contributed by atoms with van der Waals surface area (Å²) in [5, 5.41) is 18.8. The first-order valence-electron chi connectivity index (χ1n) is 22.0. The van der Waals surface area contributed by atoms with Gasteiger partial charge in [-0.15, -0.1) is 11.3 Å². The van der Waals surface area contributed by atoms with Gasteiger partial charge >= 0.3 is 0 Å². The number of pyridine rings is 1. The molecule has 0 bridgehead atoms. The molecule has 3 aliphatic heterocycles. The number of fused-ring (bicyclic) bond motifs is 2. The van der Waals surface area contributed by atoms with Crippen LogP contribution < -0.4 is 24.6 Å². The van der Waals surface area contributed by atoms with Crippen LogP contribution in [0.1, 0.15) is 55.5 Å². The molecule has 0 radical (unpaired) electrons. The first-order valence-corrected chi connectivity index (χ1v) is 24.7. The number of hydrogen-bond donors (Lipinski definition) is 2. The first-order chi connectivity index (χ1) is 31.3. The van der Waals surface area contributed by atoms with Gasteiger partial charge in [-0.2, -0.15) is 0 Å². The summed E-state index contributed by atoms with van der Waals surface area (Å²) in [5.41, 5.74) is 6.15. The molecule has 2 N–H and O–H groups in total. The average molecular weight is 943 g/mol. The number of nitro groups is 1. The van der Waals surface area contributed by atoms with Gasteiger partial charge < -0.3 is 29.3 Å². The highest BCUT2D eigenvalue weighted by Crippen LogP contribution is 2.44. The molecule has 1 aliphatic carbocycles. The Morgan fingerprint density at radius 3 is 2.57 bits per heavy atom. The number of rotatable bonds is 12. The zero-order valence-electron chi connectivity index (χ0n) is 36.4. The summed E-state index contributed by atoms with van der Waals surface area (Å²) in [5.74, 6) is -0.454. The number of piperazine rings is 1. The number of carbonyl (C=O) groups is 1. The number of nitrogens with one attached hydrogen (secondary N) is 2. The summed E-state index contributed by atoms with van der Waals surface area (Å²) in [7, 11) is -4.59. The van der Waals surface area contributed by atoms with E-state index in [1.807, 2.05) is 46.7 Å². The lowest BCUT2D eigenvalue weighted by Crippen LogP contribution is -2.47. The van der Waals surface area contributed by atoms with Crippen LogP contribution in [0.25, 0.3) is 15.8 Å². The highest BCUT2D eigenvalue weighted by molar-refractivity contribution is 7.90. The third kappa shape index (κ3) is 10.1. The molecule has 9 rings (SSSR count). The van der Waals surface area contributed by atoms with Crippen LogP contribution in [0.5, 0.6) is 5.88 Å². The van der Waals surface area contributed by atoms with Crippen molar-refractivity contribution in [2.75, 3.05) is 87.4 Å². The average Bonchev–Trinajstić information content (AvgIpc) is 3.66. The Morgan fingerprint density at radius 2 is 1.80 bits per heavy atom. The third-order valence-corrected chi connectivity index (χ3v) is 15.0. The van der Waals surface area contributed by atoms with Crippen molar-refractivity contribution < 1.29 is 32.3 Å². The van der Waals surface area contributed by atoms with Crippen molar-refractivity contribution in [3.05, 3.63) is 110 Å². The van der Waals surface area contributed by atoms with Crippen LogP contribution in [0, 0.1) is 15.5 Å². The van der Waals surface area contributed by atoms with Gasteiger partial charge in [0.1, 0.15) is 16.2 Å². The summed E-state index contributed by atoms with van der Waals surface area (Å²) < 4.78 is 47.3. The maximum Gasteiger partial charge on any atom is 0.293 e. The first kappa shape index (κ1) is 44.9. The van der Waals surface area contributed by atoms with Crippen molar-refractivity contribution in [3.63, 3.8) is 0 Å². The van der Waals surface area contributed by atoms with Crippen LogP contribution in [0.3, 0.4) is 0 Å². The topological polar surface area (TPSA) is 169 Å². The Bertz CT molecular complexity index is 2730.